The Balaban J connectivity index is 1.73. The molecule has 0 bridgehead atoms. The summed E-state index contributed by atoms with van der Waals surface area (Å²) in [4.78, 5) is 20.0. The third-order valence-electron chi connectivity index (χ3n) is 5.00. The number of fused-ring (bicyclic) bond motifs is 2. The molecule has 0 saturated heterocycles. The van der Waals surface area contributed by atoms with Crippen LogP contribution in [0.4, 0.5) is 0 Å². The van der Waals surface area contributed by atoms with Crippen LogP contribution < -0.4 is 5.56 Å². The SMILES string of the molecule is CC(C)n1ncc2c(=O)n3c(nc21)CN(C)C(Cc1ccccc1)C3. The molecule has 2 aromatic heterocycles. The second-order valence-electron chi connectivity index (χ2n) is 7.12. The first-order valence-electron chi connectivity index (χ1n) is 8.75. The molecule has 130 valence electrons. The summed E-state index contributed by atoms with van der Waals surface area (Å²) < 4.78 is 3.66. The maximum Gasteiger partial charge on any atom is 0.264 e. The summed E-state index contributed by atoms with van der Waals surface area (Å²) in [5.41, 5.74) is 2.01. The van der Waals surface area contributed by atoms with Gasteiger partial charge in [-0.25, -0.2) is 9.67 Å². The molecule has 25 heavy (non-hydrogen) atoms. The van der Waals surface area contributed by atoms with Gasteiger partial charge < -0.3 is 0 Å². The van der Waals surface area contributed by atoms with E-state index in [1.807, 2.05) is 29.2 Å². The molecule has 4 rings (SSSR count). The predicted molar refractivity (Wildman–Crippen MR) is 97.6 cm³/mol. The largest absolute Gasteiger partial charge is 0.294 e. The zero-order valence-corrected chi connectivity index (χ0v) is 14.9. The van der Waals surface area contributed by atoms with Crippen LogP contribution in [0.5, 0.6) is 0 Å². The number of benzene rings is 1. The molecule has 1 aliphatic heterocycles. The van der Waals surface area contributed by atoms with Crippen molar-refractivity contribution in [1.82, 2.24) is 24.2 Å². The fourth-order valence-electron chi connectivity index (χ4n) is 3.56. The van der Waals surface area contributed by atoms with E-state index in [4.69, 9.17) is 4.98 Å². The molecule has 0 N–H and O–H groups in total. The molecule has 3 aromatic rings. The van der Waals surface area contributed by atoms with Crippen molar-refractivity contribution in [3.63, 3.8) is 0 Å². The van der Waals surface area contributed by atoms with E-state index in [0.717, 1.165) is 12.2 Å². The molecule has 1 unspecified atom stereocenters. The van der Waals surface area contributed by atoms with Gasteiger partial charge in [0.05, 0.1) is 12.7 Å². The highest BCUT2D eigenvalue weighted by molar-refractivity contribution is 5.73. The van der Waals surface area contributed by atoms with E-state index < -0.39 is 0 Å². The number of likely N-dealkylation sites (N-methyl/N-ethyl adjacent to an activating group) is 1. The fourth-order valence-corrected chi connectivity index (χ4v) is 3.56. The summed E-state index contributed by atoms with van der Waals surface area (Å²) in [7, 11) is 2.10. The van der Waals surface area contributed by atoms with E-state index in [9.17, 15) is 4.79 Å². The molecule has 0 radical (unpaired) electrons. The highest BCUT2D eigenvalue weighted by Gasteiger charge is 2.27. The van der Waals surface area contributed by atoms with Gasteiger partial charge in [0.25, 0.3) is 5.56 Å². The molecule has 0 fully saturated rings. The van der Waals surface area contributed by atoms with Gasteiger partial charge in [0.1, 0.15) is 11.2 Å². The van der Waals surface area contributed by atoms with Gasteiger partial charge >= 0.3 is 0 Å². The van der Waals surface area contributed by atoms with Gasteiger partial charge in [0, 0.05) is 18.6 Å². The molecular weight excluding hydrogens is 314 g/mol. The molecule has 1 atom stereocenters. The van der Waals surface area contributed by atoms with E-state index in [2.05, 4.69) is 41.3 Å². The lowest BCUT2D eigenvalue weighted by Crippen LogP contribution is -2.46. The second kappa shape index (κ2) is 6.11. The molecule has 3 heterocycles. The minimum atomic E-state index is 0.0260. The summed E-state index contributed by atoms with van der Waals surface area (Å²) in [6.45, 7) is 5.43. The molecule has 0 spiro atoms. The minimum Gasteiger partial charge on any atom is -0.294 e. The number of aromatic nitrogens is 4. The van der Waals surface area contributed by atoms with Crippen LogP contribution in [-0.4, -0.2) is 37.3 Å². The summed E-state index contributed by atoms with van der Waals surface area (Å²) >= 11 is 0. The van der Waals surface area contributed by atoms with Crippen molar-refractivity contribution in [3.05, 3.63) is 58.3 Å². The lowest BCUT2D eigenvalue weighted by molar-refractivity contribution is 0.168. The molecule has 6 heteroatoms. The van der Waals surface area contributed by atoms with E-state index in [1.165, 1.54) is 5.56 Å². The number of hydrogen-bond acceptors (Lipinski definition) is 4. The monoisotopic (exact) mass is 337 g/mol. The van der Waals surface area contributed by atoms with Crippen molar-refractivity contribution in [3.8, 4) is 0 Å². The van der Waals surface area contributed by atoms with Crippen LogP contribution in [0.1, 0.15) is 31.3 Å². The molecule has 1 aromatic carbocycles. The number of hydrogen-bond donors (Lipinski definition) is 0. The third kappa shape index (κ3) is 2.76. The lowest BCUT2D eigenvalue weighted by atomic mass is 10.0. The first kappa shape index (κ1) is 16.0. The summed E-state index contributed by atoms with van der Waals surface area (Å²) in [6, 6.07) is 10.9. The zero-order valence-electron chi connectivity index (χ0n) is 14.9. The Kier molecular flexibility index (Phi) is 3.92. The van der Waals surface area contributed by atoms with Crippen molar-refractivity contribution >= 4 is 11.0 Å². The predicted octanol–water partition coefficient (Wildman–Crippen LogP) is 2.23. The maximum absolute atomic E-state index is 13.0. The highest BCUT2D eigenvalue weighted by atomic mass is 16.1. The average Bonchev–Trinajstić information content (AvgIpc) is 3.02. The Labute approximate surface area is 146 Å². The Morgan fingerprint density at radius 2 is 2.00 bits per heavy atom. The Morgan fingerprint density at radius 1 is 1.24 bits per heavy atom. The Bertz CT molecular complexity index is 957. The number of rotatable bonds is 3. The van der Waals surface area contributed by atoms with Crippen LogP contribution >= 0.6 is 0 Å². The van der Waals surface area contributed by atoms with Crippen LogP contribution in [0.3, 0.4) is 0 Å². The van der Waals surface area contributed by atoms with Crippen molar-refractivity contribution in [1.29, 1.82) is 0 Å². The van der Waals surface area contributed by atoms with Crippen LogP contribution in [0.2, 0.25) is 0 Å². The van der Waals surface area contributed by atoms with Crippen molar-refractivity contribution < 1.29 is 0 Å². The molecule has 0 saturated carbocycles. The molecule has 6 nitrogen and oxygen atoms in total. The normalized spacial score (nSPS) is 18.0. The van der Waals surface area contributed by atoms with Crippen LogP contribution in [0.15, 0.2) is 41.3 Å². The smallest absolute Gasteiger partial charge is 0.264 e. The van der Waals surface area contributed by atoms with E-state index in [-0.39, 0.29) is 17.6 Å². The quantitative estimate of drug-likeness (QED) is 0.735. The van der Waals surface area contributed by atoms with Crippen LogP contribution in [0.25, 0.3) is 11.0 Å². The van der Waals surface area contributed by atoms with Crippen molar-refractivity contribution in [2.45, 2.75) is 45.4 Å². The van der Waals surface area contributed by atoms with Crippen LogP contribution in [-0.2, 0) is 19.5 Å². The van der Waals surface area contributed by atoms with Gasteiger partial charge in [-0.3, -0.25) is 14.3 Å². The van der Waals surface area contributed by atoms with Gasteiger partial charge in [-0.05, 0) is 32.9 Å². The molecular formula is C19H23N5O. The van der Waals surface area contributed by atoms with Gasteiger partial charge in [-0.2, -0.15) is 5.10 Å². The second-order valence-corrected chi connectivity index (χ2v) is 7.12. The lowest BCUT2D eigenvalue weighted by Gasteiger charge is -2.34. The first-order valence-corrected chi connectivity index (χ1v) is 8.75. The van der Waals surface area contributed by atoms with E-state index >= 15 is 0 Å². The average molecular weight is 337 g/mol. The van der Waals surface area contributed by atoms with Crippen LogP contribution in [0, 0.1) is 0 Å². The van der Waals surface area contributed by atoms with Gasteiger partial charge in [0.2, 0.25) is 0 Å². The first-order chi connectivity index (χ1) is 12.0. The zero-order chi connectivity index (χ0) is 17.6. The summed E-state index contributed by atoms with van der Waals surface area (Å²) in [5.74, 6) is 0.826. The number of nitrogens with zero attached hydrogens (tertiary/aromatic N) is 5. The van der Waals surface area contributed by atoms with Gasteiger partial charge in [-0.1, -0.05) is 30.3 Å². The van der Waals surface area contributed by atoms with Crippen molar-refractivity contribution in [2.24, 2.45) is 0 Å². The Hall–Kier alpha value is -2.47. The van der Waals surface area contributed by atoms with Gasteiger partial charge in [0.15, 0.2) is 5.65 Å². The molecule has 0 aliphatic carbocycles. The fraction of sp³-hybridized carbons (Fsp3) is 0.421. The molecule has 0 amide bonds. The van der Waals surface area contributed by atoms with E-state index in [0.29, 0.717) is 24.1 Å². The highest BCUT2D eigenvalue weighted by Crippen LogP contribution is 2.20. The van der Waals surface area contributed by atoms with E-state index in [1.54, 1.807) is 6.20 Å². The third-order valence-corrected chi connectivity index (χ3v) is 5.00. The standard InChI is InChI=1S/C19H23N5O/c1-13(2)24-18-16(10-20-24)19(25)23-11-15(22(3)12-17(23)21-18)9-14-7-5-4-6-8-14/h4-8,10,13,15H,9,11-12H2,1-3H3. The minimum absolute atomic E-state index is 0.0260. The Morgan fingerprint density at radius 3 is 2.72 bits per heavy atom. The molecule has 1 aliphatic rings. The van der Waals surface area contributed by atoms with Crippen molar-refractivity contribution in [2.75, 3.05) is 7.05 Å². The topological polar surface area (TPSA) is 56.0 Å². The maximum atomic E-state index is 13.0. The summed E-state index contributed by atoms with van der Waals surface area (Å²) in [6.07, 6.45) is 2.58. The summed E-state index contributed by atoms with van der Waals surface area (Å²) in [5, 5.41) is 4.97. The van der Waals surface area contributed by atoms with Gasteiger partial charge in [-0.15, -0.1) is 0 Å².